The molecular formula is C15H18N4. The fraction of sp³-hybridized carbons (Fsp3) is 0.667. The molecule has 1 heterocycles. The van der Waals surface area contributed by atoms with Crippen LogP contribution in [0.15, 0.2) is 12.4 Å². The minimum Gasteiger partial charge on any atom is -0.362 e. The molecule has 19 heavy (non-hydrogen) atoms. The molecule has 4 fully saturated rings. The summed E-state index contributed by atoms with van der Waals surface area (Å²) < 4.78 is 0. The first kappa shape index (κ1) is 11.2. The van der Waals surface area contributed by atoms with Crippen LogP contribution in [-0.2, 0) is 0 Å². The fourth-order valence-corrected chi connectivity index (χ4v) is 5.03. The van der Waals surface area contributed by atoms with Gasteiger partial charge in [0.1, 0.15) is 6.07 Å². The van der Waals surface area contributed by atoms with Crippen molar-refractivity contribution >= 4 is 5.82 Å². The Morgan fingerprint density at radius 1 is 1.05 bits per heavy atom. The van der Waals surface area contributed by atoms with Crippen molar-refractivity contribution in [3.05, 3.63) is 18.1 Å². The molecule has 0 atom stereocenters. The summed E-state index contributed by atoms with van der Waals surface area (Å²) >= 11 is 0. The summed E-state index contributed by atoms with van der Waals surface area (Å²) in [5, 5.41) is 12.7. The van der Waals surface area contributed by atoms with Gasteiger partial charge in [-0.3, -0.25) is 0 Å². The van der Waals surface area contributed by atoms with E-state index in [2.05, 4.69) is 21.4 Å². The Morgan fingerprint density at radius 3 is 2.21 bits per heavy atom. The van der Waals surface area contributed by atoms with Gasteiger partial charge in [-0.25, -0.2) is 9.97 Å². The van der Waals surface area contributed by atoms with Gasteiger partial charge in [0.05, 0.1) is 0 Å². The summed E-state index contributed by atoms with van der Waals surface area (Å²) in [7, 11) is 0. The number of nitrogens with zero attached hydrogens (tertiary/aromatic N) is 3. The number of rotatable bonds is 2. The van der Waals surface area contributed by atoms with Gasteiger partial charge in [0.15, 0.2) is 11.5 Å². The van der Waals surface area contributed by atoms with E-state index in [4.69, 9.17) is 5.26 Å². The van der Waals surface area contributed by atoms with Crippen molar-refractivity contribution in [1.82, 2.24) is 9.97 Å². The first-order valence-electron chi connectivity index (χ1n) is 7.26. The first-order valence-corrected chi connectivity index (χ1v) is 7.26. The highest BCUT2D eigenvalue weighted by atomic mass is 15.1. The molecule has 98 valence electrons. The summed E-state index contributed by atoms with van der Waals surface area (Å²) in [5.41, 5.74) is 0.620. The summed E-state index contributed by atoms with van der Waals surface area (Å²) in [6.07, 6.45) is 11.3. The Kier molecular flexibility index (Phi) is 2.32. The Balaban J connectivity index is 1.64. The van der Waals surface area contributed by atoms with Crippen LogP contribution in [0.3, 0.4) is 0 Å². The number of hydrogen-bond donors (Lipinski definition) is 1. The van der Waals surface area contributed by atoms with E-state index >= 15 is 0 Å². The predicted octanol–water partition coefficient (Wildman–Crippen LogP) is 2.73. The lowest BCUT2D eigenvalue weighted by Crippen LogP contribution is -2.55. The summed E-state index contributed by atoms with van der Waals surface area (Å²) in [6.45, 7) is 0. The maximum absolute atomic E-state index is 9.14. The van der Waals surface area contributed by atoms with Gasteiger partial charge in [-0.05, 0) is 56.3 Å². The smallest absolute Gasteiger partial charge is 0.182 e. The highest BCUT2D eigenvalue weighted by Gasteiger charge is 2.51. The molecule has 0 aliphatic heterocycles. The molecule has 0 amide bonds. The highest BCUT2D eigenvalue weighted by Crippen LogP contribution is 2.56. The van der Waals surface area contributed by atoms with Gasteiger partial charge in [0.2, 0.25) is 0 Å². The van der Waals surface area contributed by atoms with Gasteiger partial charge >= 0.3 is 0 Å². The second-order valence-electron chi connectivity index (χ2n) is 6.69. The van der Waals surface area contributed by atoms with Crippen LogP contribution >= 0.6 is 0 Å². The van der Waals surface area contributed by atoms with Crippen molar-refractivity contribution in [3.8, 4) is 6.07 Å². The van der Waals surface area contributed by atoms with E-state index < -0.39 is 0 Å². The van der Waals surface area contributed by atoms with Crippen LogP contribution in [0, 0.1) is 29.1 Å². The number of nitriles is 1. The standard InChI is InChI=1S/C15H18N4/c16-9-13-14(18-2-1-17-13)19-15-6-10-3-11(7-15)5-12(4-10)8-15/h1-2,10-12H,3-8H2,(H,18,19). The number of aromatic nitrogens is 2. The average Bonchev–Trinajstić information content (AvgIpc) is 2.37. The van der Waals surface area contributed by atoms with Gasteiger partial charge in [-0.2, -0.15) is 5.26 Å². The predicted molar refractivity (Wildman–Crippen MR) is 71.3 cm³/mol. The zero-order valence-corrected chi connectivity index (χ0v) is 11.0. The van der Waals surface area contributed by atoms with Crippen molar-refractivity contribution in [2.24, 2.45) is 17.8 Å². The average molecular weight is 254 g/mol. The molecule has 1 N–H and O–H groups in total. The molecule has 4 bridgehead atoms. The highest BCUT2D eigenvalue weighted by molar-refractivity contribution is 5.49. The third-order valence-corrected chi connectivity index (χ3v) is 5.23. The van der Waals surface area contributed by atoms with E-state index in [-0.39, 0.29) is 5.54 Å². The second kappa shape index (κ2) is 3.93. The fourth-order valence-electron chi connectivity index (χ4n) is 5.03. The van der Waals surface area contributed by atoms with Crippen LogP contribution in [-0.4, -0.2) is 15.5 Å². The van der Waals surface area contributed by atoms with Crippen LogP contribution in [0.5, 0.6) is 0 Å². The van der Waals surface area contributed by atoms with E-state index in [0.29, 0.717) is 11.5 Å². The van der Waals surface area contributed by atoms with E-state index in [0.717, 1.165) is 17.8 Å². The maximum atomic E-state index is 9.14. The van der Waals surface area contributed by atoms with Crippen molar-refractivity contribution in [2.45, 2.75) is 44.1 Å². The third-order valence-electron chi connectivity index (χ3n) is 5.23. The van der Waals surface area contributed by atoms with Crippen LogP contribution in [0.4, 0.5) is 5.82 Å². The molecule has 4 heteroatoms. The Labute approximate surface area is 113 Å². The second-order valence-corrected chi connectivity index (χ2v) is 6.69. The van der Waals surface area contributed by atoms with Crippen LogP contribution in [0.2, 0.25) is 0 Å². The first-order chi connectivity index (χ1) is 9.26. The largest absolute Gasteiger partial charge is 0.362 e. The molecule has 5 rings (SSSR count). The molecule has 0 saturated heterocycles. The molecule has 4 aliphatic carbocycles. The quantitative estimate of drug-likeness (QED) is 0.881. The SMILES string of the molecule is N#Cc1nccnc1NC12CC3CC(CC(C3)C1)C2. The summed E-state index contributed by atoms with van der Waals surface area (Å²) in [6, 6.07) is 2.14. The van der Waals surface area contributed by atoms with Gasteiger partial charge in [0, 0.05) is 17.9 Å². The summed E-state index contributed by atoms with van der Waals surface area (Å²) in [4.78, 5) is 8.44. The number of hydrogen-bond acceptors (Lipinski definition) is 4. The minimum atomic E-state index is 0.191. The molecule has 0 radical (unpaired) electrons. The molecule has 0 aromatic carbocycles. The molecule has 4 saturated carbocycles. The minimum absolute atomic E-state index is 0.191. The molecule has 4 aliphatic rings. The normalized spacial score (nSPS) is 39.0. The molecule has 1 aromatic rings. The van der Waals surface area contributed by atoms with E-state index in [1.165, 1.54) is 38.5 Å². The van der Waals surface area contributed by atoms with Crippen LogP contribution in [0.25, 0.3) is 0 Å². The van der Waals surface area contributed by atoms with Gasteiger partial charge in [-0.15, -0.1) is 0 Å². The molecule has 0 spiro atoms. The van der Waals surface area contributed by atoms with Crippen molar-refractivity contribution in [1.29, 1.82) is 5.26 Å². The molecule has 1 aromatic heterocycles. The zero-order chi connectivity index (χ0) is 12.9. The monoisotopic (exact) mass is 254 g/mol. The Bertz CT molecular complexity index is 510. The van der Waals surface area contributed by atoms with Crippen LogP contribution < -0.4 is 5.32 Å². The number of nitrogens with one attached hydrogen (secondary N) is 1. The van der Waals surface area contributed by atoms with Crippen LogP contribution in [0.1, 0.15) is 44.2 Å². The van der Waals surface area contributed by atoms with Crippen molar-refractivity contribution in [3.63, 3.8) is 0 Å². The van der Waals surface area contributed by atoms with Gasteiger partial charge < -0.3 is 5.32 Å². The van der Waals surface area contributed by atoms with Crippen molar-refractivity contribution < 1.29 is 0 Å². The van der Waals surface area contributed by atoms with Crippen molar-refractivity contribution in [2.75, 3.05) is 5.32 Å². The van der Waals surface area contributed by atoms with E-state index in [1.54, 1.807) is 12.4 Å². The Morgan fingerprint density at radius 2 is 1.63 bits per heavy atom. The maximum Gasteiger partial charge on any atom is 0.182 e. The summed E-state index contributed by atoms with van der Waals surface area (Å²) in [5.74, 6) is 3.36. The van der Waals surface area contributed by atoms with Gasteiger partial charge in [-0.1, -0.05) is 0 Å². The van der Waals surface area contributed by atoms with E-state index in [9.17, 15) is 0 Å². The number of anilines is 1. The zero-order valence-electron chi connectivity index (χ0n) is 11.0. The molecule has 0 unspecified atom stereocenters. The topological polar surface area (TPSA) is 61.6 Å². The van der Waals surface area contributed by atoms with Gasteiger partial charge in [0.25, 0.3) is 0 Å². The van der Waals surface area contributed by atoms with E-state index in [1.807, 2.05) is 0 Å². The lowest BCUT2D eigenvalue weighted by molar-refractivity contribution is 0.0105. The molecule has 4 nitrogen and oxygen atoms in total. The third kappa shape index (κ3) is 1.80. The Hall–Kier alpha value is -1.63. The lowest BCUT2D eigenvalue weighted by Gasteiger charge is -2.57. The molecular weight excluding hydrogens is 236 g/mol. The lowest BCUT2D eigenvalue weighted by atomic mass is 9.53.